The Morgan fingerprint density at radius 2 is 1.89 bits per heavy atom. The Kier molecular flexibility index (Phi) is 6.39. The number of carboxylic acid groups (broad SMARTS) is 1. The number of ether oxygens (including phenoxy) is 2. The quantitative estimate of drug-likeness (QED) is 0.303. The Balaban J connectivity index is 1.71. The van der Waals surface area contributed by atoms with E-state index in [-0.39, 0.29) is 22.0 Å². The Labute approximate surface area is 205 Å². The molecule has 1 fully saturated rings. The van der Waals surface area contributed by atoms with Crippen LogP contribution in [0.4, 0.5) is 5.69 Å². The van der Waals surface area contributed by atoms with Gasteiger partial charge in [0.25, 0.3) is 11.8 Å². The number of benzene rings is 2. The third-order valence-electron chi connectivity index (χ3n) is 5.47. The number of furan rings is 1. The highest BCUT2D eigenvalue weighted by molar-refractivity contribution is 7.80. The van der Waals surface area contributed by atoms with Crippen molar-refractivity contribution in [2.24, 2.45) is 0 Å². The second-order valence-corrected chi connectivity index (χ2v) is 7.87. The van der Waals surface area contributed by atoms with Gasteiger partial charge in [-0.2, -0.15) is 0 Å². The second-order valence-electron chi connectivity index (χ2n) is 7.48. The average Bonchev–Trinajstić information content (AvgIpc) is 3.30. The fraction of sp³-hybridized carbons (Fsp3) is 0.120. The molecule has 1 aliphatic rings. The van der Waals surface area contributed by atoms with Crippen LogP contribution in [0, 0.1) is 6.92 Å². The highest BCUT2D eigenvalue weighted by atomic mass is 32.1. The molecule has 10 heteroatoms. The summed E-state index contributed by atoms with van der Waals surface area (Å²) in [7, 11) is 2.94. The maximum Gasteiger partial charge on any atom is 0.335 e. The first kappa shape index (κ1) is 23.7. The number of aromatic carboxylic acids is 1. The molecule has 178 valence electrons. The lowest BCUT2D eigenvalue weighted by Crippen LogP contribution is -2.54. The maximum atomic E-state index is 13.3. The molecule has 0 bridgehead atoms. The van der Waals surface area contributed by atoms with Crippen LogP contribution < -0.4 is 19.7 Å². The minimum atomic E-state index is -1.05. The molecule has 0 unspecified atom stereocenters. The molecule has 0 aliphatic carbocycles. The van der Waals surface area contributed by atoms with E-state index in [9.17, 15) is 19.5 Å². The van der Waals surface area contributed by atoms with Crippen LogP contribution in [-0.2, 0) is 9.59 Å². The van der Waals surface area contributed by atoms with Crippen LogP contribution in [0.25, 0.3) is 17.4 Å². The van der Waals surface area contributed by atoms with Crippen molar-refractivity contribution < 1.29 is 33.4 Å². The highest BCUT2D eigenvalue weighted by Gasteiger charge is 2.36. The molecule has 1 aliphatic heterocycles. The lowest BCUT2D eigenvalue weighted by molar-refractivity contribution is -0.122. The van der Waals surface area contributed by atoms with E-state index in [2.05, 4.69) is 5.32 Å². The molecular weight excluding hydrogens is 472 g/mol. The molecule has 2 heterocycles. The van der Waals surface area contributed by atoms with Gasteiger partial charge in [0, 0.05) is 11.6 Å². The number of hydrogen-bond acceptors (Lipinski definition) is 7. The predicted molar refractivity (Wildman–Crippen MR) is 132 cm³/mol. The van der Waals surface area contributed by atoms with Gasteiger partial charge in [0.1, 0.15) is 28.6 Å². The number of methoxy groups -OCH3 is 2. The largest absolute Gasteiger partial charge is 0.497 e. The van der Waals surface area contributed by atoms with E-state index in [1.807, 2.05) is 0 Å². The number of rotatable bonds is 6. The first-order valence-electron chi connectivity index (χ1n) is 10.3. The highest BCUT2D eigenvalue weighted by Crippen LogP contribution is 2.35. The molecule has 0 atom stereocenters. The van der Waals surface area contributed by atoms with Gasteiger partial charge in [0.15, 0.2) is 5.11 Å². The number of thiocarbonyl (C=S) groups is 1. The maximum absolute atomic E-state index is 13.3. The summed E-state index contributed by atoms with van der Waals surface area (Å²) in [6.45, 7) is 1.68. The molecule has 35 heavy (non-hydrogen) atoms. The van der Waals surface area contributed by atoms with Crippen LogP contribution in [0.3, 0.4) is 0 Å². The summed E-state index contributed by atoms with van der Waals surface area (Å²) in [4.78, 5) is 38.6. The summed E-state index contributed by atoms with van der Waals surface area (Å²) in [6.07, 6.45) is 1.31. The van der Waals surface area contributed by atoms with Crippen molar-refractivity contribution in [3.63, 3.8) is 0 Å². The zero-order valence-corrected chi connectivity index (χ0v) is 19.8. The Bertz CT molecular complexity index is 1410. The fourth-order valence-electron chi connectivity index (χ4n) is 3.70. The fourth-order valence-corrected chi connectivity index (χ4v) is 3.97. The van der Waals surface area contributed by atoms with Crippen LogP contribution in [-0.4, -0.2) is 42.2 Å². The molecule has 1 aromatic heterocycles. The van der Waals surface area contributed by atoms with Crippen LogP contribution in [0.5, 0.6) is 11.5 Å². The summed E-state index contributed by atoms with van der Waals surface area (Å²) >= 11 is 5.25. The summed E-state index contributed by atoms with van der Waals surface area (Å²) in [6, 6.07) is 12.9. The number of carboxylic acids is 1. The number of hydrogen-bond donors (Lipinski definition) is 2. The van der Waals surface area contributed by atoms with Gasteiger partial charge < -0.3 is 19.0 Å². The van der Waals surface area contributed by atoms with Gasteiger partial charge in [-0.25, -0.2) is 9.69 Å². The van der Waals surface area contributed by atoms with Gasteiger partial charge >= 0.3 is 5.97 Å². The zero-order chi connectivity index (χ0) is 25.3. The number of carbonyl (C=O) groups excluding carboxylic acids is 2. The minimum Gasteiger partial charge on any atom is -0.497 e. The van der Waals surface area contributed by atoms with Crippen LogP contribution in [0.15, 0.2) is 58.5 Å². The standard InChI is InChI=1S/C25H20N2O7S/c1-13-16(5-4-6-17(13)24(30)31)20-10-8-15(34-20)11-18-22(28)26-25(35)27(23(18)29)19-9-7-14(32-2)12-21(19)33-3/h4-12H,1-3H3,(H,30,31)(H,26,28,35). The van der Waals surface area contributed by atoms with Crippen LogP contribution in [0.2, 0.25) is 0 Å². The third-order valence-corrected chi connectivity index (χ3v) is 5.76. The third kappa shape index (κ3) is 4.38. The van der Waals surface area contributed by atoms with Crippen molar-refractivity contribution in [3.05, 3.63) is 71.0 Å². The van der Waals surface area contributed by atoms with Gasteiger partial charge in [-0.05, 0) is 61.1 Å². The molecule has 2 amide bonds. The lowest BCUT2D eigenvalue weighted by Gasteiger charge is -2.29. The summed E-state index contributed by atoms with van der Waals surface area (Å²) in [5.41, 5.74) is 1.39. The first-order valence-corrected chi connectivity index (χ1v) is 10.7. The van der Waals surface area contributed by atoms with E-state index in [1.165, 1.54) is 26.4 Å². The SMILES string of the molecule is COc1ccc(N2C(=O)C(=Cc3ccc(-c4cccc(C(=O)O)c4C)o3)C(=O)NC2=S)c(OC)c1. The number of anilines is 1. The molecule has 0 saturated carbocycles. The first-order chi connectivity index (χ1) is 16.7. The predicted octanol–water partition coefficient (Wildman–Crippen LogP) is 3.80. The van der Waals surface area contributed by atoms with Crippen molar-refractivity contribution >= 4 is 46.9 Å². The van der Waals surface area contributed by atoms with Crippen molar-refractivity contribution in [1.29, 1.82) is 0 Å². The molecule has 0 radical (unpaired) electrons. The van der Waals surface area contributed by atoms with E-state index < -0.39 is 17.8 Å². The van der Waals surface area contributed by atoms with E-state index in [4.69, 9.17) is 26.1 Å². The molecule has 4 rings (SSSR count). The molecular formula is C25H20N2O7S. The Morgan fingerprint density at radius 3 is 2.57 bits per heavy atom. The van der Waals surface area contributed by atoms with Crippen molar-refractivity contribution in [3.8, 4) is 22.8 Å². The molecule has 3 aromatic rings. The number of nitrogens with one attached hydrogen (secondary N) is 1. The summed E-state index contributed by atoms with van der Waals surface area (Å²) in [5, 5.41) is 11.8. The van der Waals surface area contributed by atoms with E-state index >= 15 is 0 Å². The topological polar surface area (TPSA) is 118 Å². The second kappa shape index (κ2) is 9.43. The Hall–Kier alpha value is -4.44. The molecule has 0 spiro atoms. The monoisotopic (exact) mass is 492 g/mol. The lowest BCUT2D eigenvalue weighted by atomic mass is 10.0. The van der Waals surface area contributed by atoms with E-state index in [1.54, 1.807) is 49.4 Å². The van der Waals surface area contributed by atoms with E-state index in [0.717, 1.165) is 4.90 Å². The summed E-state index contributed by atoms with van der Waals surface area (Å²) in [5.74, 6) is -0.920. The number of amides is 2. The minimum absolute atomic E-state index is 0.0955. The molecule has 1 saturated heterocycles. The summed E-state index contributed by atoms with van der Waals surface area (Å²) < 4.78 is 16.4. The smallest absolute Gasteiger partial charge is 0.335 e. The van der Waals surface area contributed by atoms with Gasteiger partial charge in [-0.15, -0.1) is 0 Å². The molecule has 2 aromatic carbocycles. The van der Waals surface area contributed by atoms with Gasteiger partial charge in [0.2, 0.25) is 0 Å². The van der Waals surface area contributed by atoms with Crippen LogP contribution in [0.1, 0.15) is 21.7 Å². The van der Waals surface area contributed by atoms with Gasteiger partial charge in [-0.3, -0.25) is 14.9 Å². The van der Waals surface area contributed by atoms with Gasteiger partial charge in [0.05, 0.1) is 25.5 Å². The normalized spacial score (nSPS) is 14.8. The number of nitrogens with zero attached hydrogens (tertiary/aromatic N) is 1. The zero-order valence-electron chi connectivity index (χ0n) is 18.9. The van der Waals surface area contributed by atoms with Crippen molar-refractivity contribution in [2.75, 3.05) is 19.1 Å². The number of carbonyl (C=O) groups is 3. The molecule has 9 nitrogen and oxygen atoms in total. The van der Waals surface area contributed by atoms with E-state index in [0.29, 0.717) is 34.1 Å². The van der Waals surface area contributed by atoms with Crippen molar-refractivity contribution in [2.45, 2.75) is 6.92 Å². The average molecular weight is 493 g/mol. The van der Waals surface area contributed by atoms with Crippen molar-refractivity contribution in [1.82, 2.24) is 5.32 Å². The van der Waals surface area contributed by atoms with Crippen LogP contribution >= 0.6 is 12.2 Å². The Morgan fingerprint density at radius 1 is 1.11 bits per heavy atom. The molecule has 2 N–H and O–H groups in total. The van der Waals surface area contributed by atoms with Gasteiger partial charge in [-0.1, -0.05) is 12.1 Å².